The zero-order valence-electron chi connectivity index (χ0n) is 32.4. The maximum atomic E-state index is 13.6. The maximum absolute atomic E-state index is 13.6. The maximum Gasteiger partial charge on any atom is 0.264 e. The van der Waals surface area contributed by atoms with Crippen molar-refractivity contribution in [1.29, 1.82) is 0 Å². The van der Waals surface area contributed by atoms with Crippen LogP contribution in [0.15, 0.2) is 66.9 Å². The zero-order chi connectivity index (χ0) is 39.9. The second-order valence-corrected chi connectivity index (χ2v) is 16.0. The van der Waals surface area contributed by atoms with Gasteiger partial charge >= 0.3 is 0 Å². The van der Waals surface area contributed by atoms with E-state index in [4.69, 9.17) is 4.98 Å². The molecule has 0 radical (unpaired) electrons. The van der Waals surface area contributed by atoms with Crippen molar-refractivity contribution in [2.24, 2.45) is 5.92 Å². The molecule has 5 aromatic rings. The van der Waals surface area contributed by atoms with Gasteiger partial charge in [0.05, 0.1) is 40.6 Å². The first-order valence-electron chi connectivity index (χ1n) is 20.3. The number of aromatic nitrogens is 5. The first-order chi connectivity index (χ1) is 28.2. The fraction of sp³-hybridized carbons (Fsp3) is 0.395. The van der Waals surface area contributed by atoms with E-state index in [-0.39, 0.29) is 18.7 Å². The number of benzene rings is 3. The van der Waals surface area contributed by atoms with Crippen molar-refractivity contribution in [3.63, 3.8) is 0 Å². The third-order valence-electron chi connectivity index (χ3n) is 12.2. The first-order valence-corrected chi connectivity index (χ1v) is 20.3. The van der Waals surface area contributed by atoms with E-state index in [1.165, 1.54) is 12.8 Å². The van der Waals surface area contributed by atoms with Gasteiger partial charge in [0.1, 0.15) is 17.6 Å². The molecule has 3 N–H and O–H groups in total. The molecule has 3 aromatic carbocycles. The normalized spacial score (nSPS) is 20.3. The molecule has 4 aliphatic rings. The van der Waals surface area contributed by atoms with Crippen LogP contribution >= 0.6 is 0 Å². The second kappa shape index (κ2) is 15.6. The third-order valence-corrected chi connectivity index (χ3v) is 12.2. The van der Waals surface area contributed by atoms with E-state index in [0.29, 0.717) is 34.3 Å². The number of carbonyl (C=O) groups excluding carboxylic acids is 5. The molecule has 0 spiro atoms. The quantitative estimate of drug-likeness (QED) is 0.152. The number of imidazole rings is 1. The number of piperidine rings is 2. The predicted octanol–water partition coefficient (Wildman–Crippen LogP) is 5.16. The van der Waals surface area contributed by atoms with Crippen molar-refractivity contribution in [1.82, 2.24) is 40.1 Å². The summed E-state index contributed by atoms with van der Waals surface area (Å²) in [5, 5.41) is 14.0. The molecular formula is C43H46N10O5. The van der Waals surface area contributed by atoms with Crippen molar-refractivity contribution < 1.29 is 24.0 Å². The number of hydrogen-bond donors (Lipinski definition) is 3. The molecule has 0 bridgehead atoms. The highest BCUT2D eigenvalue weighted by Gasteiger charge is 2.46. The lowest BCUT2D eigenvalue weighted by Gasteiger charge is -2.34. The Balaban J connectivity index is 0.746. The molecule has 298 valence electrons. The number of aryl methyl sites for hydroxylation is 1. The van der Waals surface area contributed by atoms with Crippen LogP contribution in [0.3, 0.4) is 0 Å². The number of likely N-dealkylation sites (tertiary alicyclic amines) is 1. The summed E-state index contributed by atoms with van der Waals surface area (Å²) in [6.07, 6.45) is 8.44. The number of nitrogens with zero attached hydrogens (tertiary/aromatic N) is 7. The summed E-state index contributed by atoms with van der Waals surface area (Å²) in [6.45, 7) is 6.38. The Hall–Kier alpha value is -6.22. The lowest BCUT2D eigenvalue weighted by atomic mass is 9.91. The summed E-state index contributed by atoms with van der Waals surface area (Å²) < 4.78 is 1.86. The highest BCUT2D eigenvalue weighted by Crippen LogP contribution is 2.36. The molecule has 9 rings (SSSR count). The minimum Gasteiger partial charge on any atom is -0.371 e. The third kappa shape index (κ3) is 7.37. The van der Waals surface area contributed by atoms with E-state index in [2.05, 4.69) is 42.7 Å². The van der Waals surface area contributed by atoms with Crippen LogP contribution in [0.5, 0.6) is 0 Å². The summed E-state index contributed by atoms with van der Waals surface area (Å²) in [5.74, 6) is -0.713. The topological polar surface area (TPSA) is 179 Å². The van der Waals surface area contributed by atoms with Gasteiger partial charge in [-0.25, -0.2) is 4.98 Å². The van der Waals surface area contributed by atoms with Crippen LogP contribution in [0.4, 0.5) is 11.4 Å². The van der Waals surface area contributed by atoms with Crippen molar-refractivity contribution in [2.75, 3.05) is 29.9 Å². The number of H-pyrrole nitrogens is 1. The number of nitrogens with one attached hydrogen (secondary N) is 3. The smallest absolute Gasteiger partial charge is 0.264 e. The van der Waals surface area contributed by atoms with Crippen LogP contribution in [0, 0.1) is 5.92 Å². The summed E-state index contributed by atoms with van der Waals surface area (Å²) in [6, 6.07) is 18.0. The number of anilines is 2. The van der Waals surface area contributed by atoms with Crippen molar-refractivity contribution in [3.8, 4) is 11.3 Å². The Labute approximate surface area is 335 Å². The van der Waals surface area contributed by atoms with Gasteiger partial charge in [-0.3, -0.25) is 43.8 Å². The van der Waals surface area contributed by atoms with Gasteiger partial charge in [0, 0.05) is 48.9 Å². The van der Waals surface area contributed by atoms with E-state index in [0.717, 1.165) is 97.1 Å². The molecule has 2 atom stereocenters. The average Bonchev–Trinajstić information content (AvgIpc) is 4.02. The van der Waals surface area contributed by atoms with Crippen LogP contribution in [0.1, 0.15) is 95.2 Å². The van der Waals surface area contributed by atoms with Gasteiger partial charge in [0.25, 0.3) is 17.7 Å². The van der Waals surface area contributed by atoms with Gasteiger partial charge in [-0.15, -0.1) is 5.10 Å². The van der Waals surface area contributed by atoms with Crippen LogP contribution in [-0.2, 0) is 22.7 Å². The van der Waals surface area contributed by atoms with Gasteiger partial charge in [-0.05, 0) is 107 Å². The molecule has 0 saturated carbocycles. The minimum absolute atomic E-state index is 0.0871. The SMILES string of the molecule is C[C@H]1CCCN1Cc1nc2ccc(NC(=O)c3ccc(-c4cn(CCCC5CCN(c6cccc7c6C(=O)N(C6CCC(=O)NC6=O)C7=O)CC5)nn4)cc3)cc2[nH]1. The number of imide groups is 2. The number of rotatable bonds is 11. The van der Waals surface area contributed by atoms with Gasteiger partial charge in [0.2, 0.25) is 11.8 Å². The van der Waals surface area contributed by atoms with E-state index >= 15 is 0 Å². The molecule has 15 heteroatoms. The fourth-order valence-electron chi connectivity index (χ4n) is 8.94. The van der Waals surface area contributed by atoms with E-state index < -0.39 is 29.7 Å². The molecule has 3 fully saturated rings. The Kier molecular flexibility index (Phi) is 10.1. The molecule has 2 aromatic heterocycles. The second-order valence-electron chi connectivity index (χ2n) is 16.0. The fourth-order valence-corrected chi connectivity index (χ4v) is 8.94. The van der Waals surface area contributed by atoms with Crippen molar-refractivity contribution in [2.45, 2.75) is 83.5 Å². The monoisotopic (exact) mass is 782 g/mol. The largest absolute Gasteiger partial charge is 0.371 e. The summed E-state index contributed by atoms with van der Waals surface area (Å²) in [7, 11) is 0. The van der Waals surface area contributed by atoms with Gasteiger partial charge in [-0.1, -0.05) is 23.4 Å². The lowest BCUT2D eigenvalue weighted by Crippen LogP contribution is -2.54. The molecule has 58 heavy (non-hydrogen) atoms. The van der Waals surface area contributed by atoms with E-state index in [9.17, 15) is 24.0 Å². The molecule has 6 heterocycles. The van der Waals surface area contributed by atoms with Crippen LogP contribution in [-0.4, -0.2) is 96.0 Å². The van der Waals surface area contributed by atoms with E-state index in [1.54, 1.807) is 24.3 Å². The highest BCUT2D eigenvalue weighted by molar-refractivity contribution is 6.25. The average molecular weight is 783 g/mol. The predicted molar refractivity (Wildman–Crippen MR) is 216 cm³/mol. The molecule has 15 nitrogen and oxygen atoms in total. The molecule has 3 saturated heterocycles. The van der Waals surface area contributed by atoms with Crippen LogP contribution < -0.4 is 15.5 Å². The number of hydrogen-bond acceptors (Lipinski definition) is 10. The molecular weight excluding hydrogens is 737 g/mol. The van der Waals surface area contributed by atoms with Crippen LogP contribution in [0.25, 0.3) is 22.3 Å². The number of carbonyl (C=O) groups is 5. The standard InChI is InChI=1S/C43H46N10O5/c1-26-5-3-19-51(26)25-37-45-32-14-13-30(23-33(32)46-37)44-40(55)29-11-9-28(10-12-29)34-24-52(49-48-34)20-4-6-27-17-21-50(22-18-27)35-8-2-7-31-39(35)43(58)53(42(31)57)36-15-16-38(54)47-41(36)56/h2,7-14,23-24,26-27,36H,3-6,15-22,25H2,1H3,(H,44,55)(H,45,46)(H,47,54,56)/t26-,36?/m0/s1. The highest BCUT2D eigenvalue weighted by atomic mass is 16.2. The van der Waals surface area contributed by atoms with Gasteiger partial charge in [-0.2, -0.15) is 0 Å². The summed E-state index contributed by atoms with van der Waals surface area (Å²) >= 11 is 0. The molecule has 4 aliphatic heterocycles. The Morgan fingerprint density at radius 1 is 0.931 bits per heavy atom. The summed E-state index contributed by atoms with van der Waals surface area (Å²) in [5.41, 5.74) is 6.01. The lowest BCUT2D eigenvalue weighted by molar-refractivity contribution is -0.136. The van der Waals surface area contributed by atoms with Gasteiger partial charge in [0.15, 0.2) is 0 Å². The molecule has 0 aliphatic carbocycles. The van der Waals surface area contributed by atoms with Crippen LogP contribution in [0.2, 0.25) is 0 Å². The van der Waals surface area contributed by atoms with Crippen molar-refractivity contribution >= 4 is 51.9 Å². The first kappa shape index (κ1) is 37.4. The van der Waals surface area contributed by atoms with Gasteiger partial charge < -0.3 is 15.2 Å². The van der Waals surface area contributed by atoms with Crippen molar-refractivity contribution in [3.05, 3.63) is 89.4 Å². The Morgan fingerprint density at radius 2 is 1.76 bits per heavy atom. The number of fused-ring (bicyclic) bond motifs is 2. The summed E-state index contributed by atoms with van der Waals surface area (Å²) in [4.78, 5) is 78.0. The Morgan fingerprint density at radius 3 is 2.53 bits per heavy atom. The molecule has 1 unspecified atom stereocenters. The Bertz CT molecular complexity index is 2410. The number of aromatic amines is 1. The minimum atomic E-state index is -0.984. The van der Waals surface area contributed by atoms with E-state index in [1.807, 2.05) is 47.3 Å². The molecule has 5 amide bonds. The zero-order valence-corrected chi connectivity index (χ0v) is 32.4. The number of amides is 5.